The maximum Gasteiger partial charge on any atom is 0.306 e. The van der Waals surface area contributed by atoms with Crippen LogP contribution in [0.15, 0.2) is 0 Å². The van der Waals surface area contributed by atoms with E-state index < -0.39 is 24.6 Å². The molecule has 8 heteroatoms. The predicted octanol–water partition coefficient (Wildman–Crippen LogP) is 10.2. The van der Waals surface area contributed by atoms with Crippen LogP contribution in [0.25, 0.3) is 0 Å². The molecule has 0 aromatic heterocycles. The molecule has 0 rings (SSSR count). The van der Waals surface area contributed by atoms with Crippen molar-refractivity contribution in [2.45, 2.75) is 213 Å². The predicted molar refractivity (Wildman–Crippen MR) is 186 cm³/mol. The Morgan fingerprint density at radius 3 is 1.26 bits per heavy atom. The highest BCUT2D eigenvalue weighted by molar-refractivity contribution is 5.70. The number of rotatable bonds is 33. The highest BCUT2D eigenvalue weighted by Crippen LogP contribution is 2.17. The van der Waals surface area contributed by atoms with Crippen molar-refractivity contribution in [1.82, 2.24) is 0 Å². The molecule has 0 aliphatic rings. The Balaban J connectivity index is 4.90. The monoisotopic (exact) mass is 657 g/mol. The zero-order valence-electron chi connectivity index (χ0n) is 30.8. The van der Waals surface area contributed by atoms with E-state index in [1.807, 2.05) is 0 Å². The van der Waals surface area contributed by atoms with Gasteiger partial charge in [0, 0.05) is 26.4 Å². The molecule has 0 saturated carbocycles. The number of carbonyl (C=O) groups excluding carboxylic acids is 3. The molecule has 0 saturated heterocycles. The van der Waals surface area contributed by atoms with Gasteiger partial charge in [-0.2, -0.15) is 0 Å². The lowest BCUT2D eigenvalue weighted by molar-refractivity contribution is -0.235. The van der Waals surface area contributed by atoms with Crippen molar-refractivity contribution in [1.29, 1.82) is 0 Å². The van der Waals surface area contributed by atoms with Gasteiger partial charge in [-0.25, -0.2) is 0 Å². The van der Waals surface area contributed by atoms with Gasteiger partial charge in [0.25, 0.3) is 0 Å². The standard InChI is InChI=1S/C38H72O8/c1-7-10-13-16-19-22-25-28-35(39)43-31-34(46-37(41)30-27-24-21-18-15-12-9-3)38(42-6)45-33(5)32(4)44-36(40)29-26-23-20-17-14-11-8-2/h32-34,38H,7-31H2,1-6H3. The summed E-state index contributed by atoms with van der Waals surface area (Å²) in [5.74, 6) is -0.936. The van der Waals surface area contributed by atoms with E-state index in [4.69, 9.17) is 23.7 Å². The Kier molecular flexibility index (Phi) is 30.7. The van der Waals surface area contributed by atoms with Gasteiger partial charge in [-0.15, -0.1) is 0 Å². The zero-order valence-corrected chi connectivity index (χ0v) is 30.8. The second-order valence-electron chi connectivity index (χ2n) is 13.0. The fourth-order valence-electron chi connectivity index (χ4n) is 5.30. The van der Waals surface area contributed by atoms with E-state index in [-0.39, 0.29) is 30.9 Å². The quantitative estimate of drug-likeness (QED) is 0.0298. The zero-order chi connectivity index (χ0) is 34.3. The topological polar surface area (TPSA) is 97.4 Å². The van der Waals surface area contributed by atoms with Crippen LogP contribution in [0.3, 0.4) is 0 Å². The van der Waals surface area contributed by atoms with Crippen molar-refractivity contribution in [3.63, 3.8) is 0 Å². The van der Waals surface area contributed by atoms with Gasteiger partial charge in [-0.1, -0.05) is 136 Å². The molecule has 0 fully saturated rings. The van der Waals surface area contributed by atoms with Gasteiger partial charge in [0.1, 0.15) is 12.7 Å². The normalized spacial score (nSPS) is 14.0. The van der Waals surface area contributed by atoms with Crippen molar-refractivity contribution in [2.75, 3.05) is 13.7 Å². The molecule has 0 aliphatic heterocycles. The summed E-state index contributed by atoms with van der Waals surface area (Å²) in [4.78, 5) is 37.8. The Labute approximate surface area is 282 Å². The third kappa shape index (κ3) is 26.4. The molecule has 0 aliphatic carbocycles. The van der Waals surface area contributed by atoms with Gasteiger partial charge in [-0.05, 0) is 33.1 Å². The van der Waals surface area contributed by atoms with E-state index in [1.54, 1.807) is 13.8 Å². The first-order valence-corrected chi connectivity index (χ1v) is 19.0. The minimum atomic E-state index is -0.983. The first kappa shape index (κ1) is 44.3. The Hall–Kier alpha value is -1.67. The lowest BCUT2D eigenvalue weighted by Gasteiger charge is -2.30. The number of methoxy groups -OCH3 is 1. The molecule has 0 N–H and O–H groups in total. The second-order valence-corrected chi connectivity index (χ2v) is 13.0. The number of carbonyl (C=O) groups is 3. The van der Waals surface area contributed by atoms with Crippen molar-refractivity contribution in [3.05, 3.63) is 0 Å². The van der Waals surface area contributed by atoms with E-state index in [0.717, 1.165) is 57.8 Å². The molecule has 0 heterocycles. The summed E-state index contributed by atoms with van der Waals surface area (Å²) in [6, 6.07) is 0. The first-order chi connectivity index (χ1) is 22.3. The van der Waals surface area contributed by atoms with Crippen LogP contribution in [-0.2, 0) is 38.1 Å². The van der Waals surface area contributed by atoms with E-state index in [1.165, 1.54) is 84.2 Å². The molecule has 4 atom stereocenters. The average Bonchev–Trinajstić information content (AvgIpc) is 3.04. The van der Waals surface area contributed by atoms with Crippen molar-refractivity contribution >= 4 is 17.9 Å². The summed E-state index contributed by atoms with van der Waals surface area (Å²) < 4.78 is 28.6. The Morgan fingerprint density at radius 1 is 0.478 bits per heavy atom. The fraction of sp³-hybridized carbons (Fsp3) is 0.921. The third-order valence-corrected chi connectivity index (χ3v) is 8.51. The maximum absolute atomic E-state index is 12.8. The van der Waals surface area contributed by atoms with Gasteiger partial charge in [0.15, 0.2) is 12.4 Å². The van der Waals surface area contributed by atoms with Crippen LogP contribution in [0.2, 0.25) is 0 Å². The summed E-state index contributed by atoms with van der Waals surface area (Å²) in [5, 5.41) is 0. The summed E-state index contributed by atoms with van der Waals surface area (Å²) in [5.41, 5.74) is 0. The largest absolute Gasteiger partial charge is 0.462 e. The molecule has 0 aromatic rings. The molecule has 0 spiro atoms. The van der Waals surface area contributed by atoms with Gasteiger partial charge in [-0.3, -0.25) is 14.4 Å². The molecule has 4 unspecified atom stereocenters. The van der Waals surface area contributed by atoms with Crippen molar-refractivity contribution < 1.29 is 38.1 Å². The summed E-state index contributed by atoms with van der Waals surface area (Å²) >= 11 is 0. The van der Waals surface area contributed by atoms with Crippen LogP contribution in [-0.4, -0.2) is 56.2 Å². The summed E-state index contributed by atoms with van der Waals surface area (Å²) in [6.45, 7) is 10.0. The Morgan fingerprint density at radius 2 is 0.848 bits per heavy atom. The van der Waals surface area contributed by atoms with Gasteiger partial charge < -0.3 is 23.7 Å². The molecule has 272 valence electrons. The molecular weight excluding hydrogens is 584 g/mol. The lowest BCUT2D eigenvalue weighted by Crippen LogP contribution is -2.43. The smallest absolute Gasteiger partial charge is 0.306 e. The highest BCUT2D eigenvalue weighted by Gasteiger charge is 2.31. The van der Waals surface area contributed by atoms with Crippen LogP contribution in [0.5, 0.6) is 0 Å². The molecule has 0 amide bonds. The average molecular weight is 657 g/mol. The van der Waals surface area contributed by atoms with Crippen LogP contribution in [0, 0.1) is 0 Å². The highest BCUT2D eigenvalue weighted by atomic mass is 16.7. The number of esters is 3. The van der Waals surface area contributed by atoms with Gasteiger partial charge >= 0.3 is 17.9 Å². The SMILES string of the molecule is CCCCCCCCCC(=O)OCC(OC(=O)CCCCCCCCC)C(OC)OC(C)C(C)OC(=O)CCCCCCCCC. The summed E-state index contributed by atoms with van der Waals surface area (Å²) in [7, 11) is 1.46. The Bertz CT molecular complexity index is 727. The first-order valence-electron chi connectivity index (χ1n) is 19.0. The maximum atomic E-state index is 12.8. The van der Waals surface area contributed by atoms with E-state index in [9.17, 15) is 14.4 Å². The van der Waals surface area contributed by atoms with Gasteiger partial charge in [0.2, 0.25) is 0 Å². The second kappa shape index (κ2) is 31.9. The van der Waals surface area contributed by atoms with E-state index in [0.29, 0.717) is 12.8 Å². The fourth-order valence-corrected chi connectivity index (χ4v) is 5.30. The van der Waals surface area contributed by atoms with E-state index >= 15 is 0 Å². The molecule has 0 radical (unpaired) electrons. The minimum Gasteiger partial charge on any atom is -0.462 e. The molecule has 46 heavy (non-hydrogen) atoms. The molecular formula is C38H72O8. The lowest BCUT2D eigenvalue weighted by atomic mass is 10.1. The number of unbranched alkanes of at least 4 members (excludes halogenated alkanes) is 18. The van der Waals surface area contributed by atoms with Crippen LogP contribution >= 0.6 is 0 Å². The van der Waals surface area contributed by atoms with Gasteiger partial charge in [0.05, 0.1) is 6.10 Å². The molecule has 0 bridgehead atoms. The van der Waals surface area contributed by atoms with Crippen LogP contribution in [0.4, 0.5) is 0 Å². The van der Waals surface area contributed by atoms with Crippen LogP contribution in [0.1, 0.15) is 189 Å². The van der Waals surface area contributed by atoms with Crippen molar-refractivity contribution in [3.8, 4) is 0 Å². The third-order valence-electron chi connectivity index (χ3n) is 8.51. The number of hydrogen-bond acceptors (Lipinski definition) is 8. The molecule has 8 nitrogen and oxygen atoms in total. The summed E-state index contributed by atoms with van der Waals surface area (Å²) in [6.07, 6.45) is 21.4. The van der Waals surface area contributed by atoms with Crippen LogP contribution < -0.4 is 0 Å². The number of hydrogen-bond donors (Lipinski definition) is 0. The van der Waals surface area contributed by atoms with E-state index in [2.05, 4.69) is 20.8 Å². The molecule has 0 aromatic carbocycles. The minimum absolute atomic E-state index is 0.157. The van der Waals surface area contributed by atoms with Crippen molar-refractivity contribution in [2.24, 2.45) is 0 Å². The number of ether oxygens (including phenoxy) is 5.